The van der Waals surface area contributed by atoms with E-state index >= 15 is 0 Å². The summed E-state index contributed by atoms with van der Waals surface area (Å²) in [4.78, 5) is 0. The molecule has 1 rings (SSSR count). The molecule has 1 fully saturated rings. The van der Waals surface area contributed by atoms with Crippen LogP contribution in [0.5, 0.6) is 0 Å². The van der Waals surface area contributed by atoms with Crippen molar-refractivity contribution in [3.8, 4) is 0 Å². The molecule has 1 aliphatic rings. The molecule has 1 unspecified atom stereocenters. The topological polar surface area (TPSA) is 69.9 Å². The summed E-state index contributed by atoms with van der Waals surface area (Å²) in [6.45, 7) is 21.4. The molecule has 3 N–H and O–H groups in total. The lowest BCUT2D eigenvalue weighted by Gasteiger charge is -2.64. The van der Waals surface area contributed by atoms with Crippen molar-refractivity contribution in [1.82, 2.24) is 0 Å². The number of hydrogen-bond donors (Lipinski definition) is 3. The second-order valence-electron chi connectivity index (χ2n) is 9.94. The maximum absolute atomic E-state index is 10.9. The third-order valence-electron chi connectivity index (χ3n) is 5.53. The van der Waals surface area contributed by atoms with Crippen LogP contribution in [0.4, 0.5) is 0 Å². The minimum Gasteiger partial charge on any atom is -0.388 e. The predicted molar refractivity (Wildman–Crippen MR) is 113 cm³/mol. The average molecular weight is 491 g/mol. The molecule has 0 aromatic heterocycles. The van der Waals surface area contributed by atoms with E-state index in [0.29, 0.717) is 0 Å². The number of aliphatic hydroxyl groups is 3. The zero-order chi connectivity index (χ0) is 18.6. The van der Waals surface area contributed by atoms with E-state index in [9.17, 15) is 15.3 Å². The Morgan fingerprint density at radius 2 is 1.04 bits per heavy atom. The second kappa shape index (κ2) is 6.75. The second-order valence-corrected chi connectivity index (χ2v) is 28.5. The molecule has 0 spiro atoms. The van der Waals surface area contributed by atoms with Crippen molar-refractivity contribution in [2.45, 2.75) is 91.7 Å². The summed E-state index contributed by atoms with van der Waals surface area (Å²) in [5.41, 5.74) is 0. The third kappa shape index (κ3) is 3.56. The highest BCUT2D eigenvalue weighted by Crippen LogP contribution is 2.59. The fourth-order valence-electron chi connectivity index (χ4n) is 5.85. The largest absolute Gasteiger partial charge is 0.388 e. The van der Waals surface area contributed by atoms with Crippen LogP contribution in [0.2, 0.25) is 63.2 Å². The van der Waals surface area contributed by atoms with E-state index in [-0.39, 0.29) is 4.28 Å². The molecule has 1 heterocycles. The van der Waals surface area contributed by atoms with Crippen LogP contribution < -0.4 is 0 Å². The zero-order valence-electron chi connectivity index (χ0n) is 16.0. The highest BCUT2D eigenvalue weighted by molar-refractivity contribution is 14.1. The number of aliphatic hydroxyl groups excluding tert-OH is 3. The zero-order valence-corrected chi connectivity index (χ0v) is 21.2. The van der Waals surface area contributed by atoms with E-state index in [1.807, 2.05) is 0 Å². The molecule has 138 valence electrons. The molecule has 8 heteroatoms. The highest BCUT2D eigenvalue weighted by atomic mass is 127. The van der Waals surface area contributed by atoms with Crippen LogP contribution in [0.25, 0.3) is 0 Å². The minimum atomic E-state index is -1.78. The van der Waals surface area contributed by atoms with Crippen LogP contribution in [-0.2, 0) is 4.74 Å². The van der Waals surface area contributed by atoms with Crippen LogP contribution in [0.15, 0.2) is 0 Å². The summed E-state index contributed by atoms with van der Waals surface area (Å²) in [7, 11) is -5.33. The Morgan fingerprint density at radius 1 is 0.696 bits per heavy atom. The number of hydrogen-bond acceptors (Lipinski definition) is 4. The van der Waals surface area contributed by atoms with E-state index in [2.05, 4.69) is 81.5 Å². The van der Waals surface area contributed by atoms with Gasteiger partial charge in [-0.05, 0) is 26.9 Å². The van der Waals surface area contributed by atoms with Gasteiger partial charge in [0.2, 0.25) is 0 Å². The van der Waals surface area contributed by atoms with Crippen LogP contribution in [0, 0.1) is 0 Å². The normalized spacial score (nSPS) is 34.6. The lowest BCUT2D eigenvalue weighted by atomic mass is 10.0. The van der Waals surface area contributed by atoms with Crippen LogP contribution >= 0.6 is 22.6 Å². The van der Waals surface area contributed by atoms with Crippen molar-refractivity contribution in [2.75, 3.05) is 0 Å². The van der Waals surface area contributed by atoms with Crippen molar-refractivity contribution >= 4 is 46.8 Å². The van der Waals surface area contributed by atoms with Gasteiger partial charge < -0.3 is 20.1 Å². The fraction of sp³-hybridized carbons (Fsp3) is 1.00. The van der Waals surface area contributed by atoms with Gasteiger partial charge in [-0.3, -0.25) is 0 Å². The Labute approximate surface area is 158 Å². The molecule has 0 saturated carbocycles. The Bertz CT molecular complexity index is 392. The first kappa shape index (κ1) is 22.3. The molecule has 0 aromatic rings. The van der Waals surface area contributed by atoms with E-state index < -0.39 is 52.7 Å². The molecule has 1 aliphatic heterocycles. The summed E-state index contributed by atoms with van der Waals surface area (Å²) in [6.07, 6.45) is -3.60. The Morgan fingerprint density at radius 3 is 1.35 bits per heavy atom. The molecule has 4 nitrogen and oxygen atoms in total. The highest BCUT2D eigenvalue weighted by Gasteiger charge is 2.67. The fourth-order valence-corrected chi connectivity index (χ4v) is 36.9. The first-order valence-electron chi connectivity index (χ1n) is 8.34. The maximum Gasteiger partial charge on any atom is 0.137 e. The summed E-state index contributed by atoms with van der Waals surface area (Å²) < 4.78 is 5.74. The van der Waals surface area contributed by atoms with Gasteiger partial charge in [0.25, 0.3) is 0 Å². The maximum atomic E-state index is 10.9. The molecule has 0 bridgehead atoms. The predicted octanol–water partition coefficient (Wildman–Crippen LogP) is 3.06. The van der Waals surface area contributed by atoms with Gasteiger partial charge >= 0.3 is 0 Å². The molecule has 0 radical (unpaired) electrons. The molecule has 5 atom stereocenters. The van der Waals surface area contributed by atoms with Crippen molar-refractivity contribution in [1.29, 1.82) is 0 Å². The van der Waals surface area contributed by atoms with Gasteiger partial charge in [0.05, 0.1) is 6.10 Å². The van der Waals surface area contributed by atoms with Crippen LogP contribution in [0.1, 0.15) is 0 Å². The van der Waals surface area contributed by atoms with Gasteiger partial charge in [0, 0.05) is 24.2 Å². The number of alkyl halides is 1. The Kier molecular flexibility index (Phi) is 6.53. The van der Waals surface area contributed by atoms with Crippen molar-refractivity contribution < 1.29 is 20.1 Å². The number of ether oxygens (including phenoxy) is 1. The summed E-state index contributed by atoms with van der Waals surface area (Å²) in [5.74, 6) is 0. The van der Waals surface area contributed by atoms with Gasteiger partial charge in [-0.2, -0.15) is 0 Å². The quantitative estimate of drug-likeness (QED) is 0.322. The SMILES string of the molecule is C[Si](C)(C)C([C@@H]1OC(I)[C@@H](O)[C@H](O)[C@@H]1O)([Si](C)(C)C)[Si](C)(C)C. The summed E-state index contributed by atoms with van der Waals surface area (Å²) in [6, 6.07) is 0. The lowest BCUT2D eigenvalue weighted by molar-refractivity contribution is -0.194. The molecule has 23 heavy (non-hydrogen) atoms. The standard InChI is InChI=1S/C15H35IO4Si3/c1-21(2,3)15(22(4,5)6,23(7,8)9)13-11(18)10(17)12(19)14(16)20-13/h10-14,17-19H,1-9H3/t10-,11+,12+,13-,14?/m1/s1. The Hall–Kier alpha value is 1.22. The summed E-state index contributed by atoms with van der Waals surface area (Å²) in [5, 5.41) is 31.4. The van der Waals surface area contributed by atoms with Crippen LogP contribution in [-0.4, -0.2) is 68.1 Å². The van der Waals surface area contributed by atoms with Gasteiger partial charge in [-0.1, -0.05) is 58.9 Å². The average Bonchev–Trinajstić information content (AvgIpc) is 2.28. The molecule has 0 aliphatic carbocycles. The number of rotatable bonds is 4. The number of halogens is 1. The molecular formula is C15H35IO4Si3. The molecule has 1 saturated heterocycles. The molecule has 0 amide bonds. The third-order valence-corrected chi connectivity index (χ3v) is 28.0. The van der Waals surface area contributed by atoms with Crippen LogP contribution in [0.3, 0.4) is 0 Å². The molecular weight excluding hydrogens is 455 g/mol. The first-order chi connectivity index (χ1) is 10.00. The van der Waals surface area contributed by atoms with Gasteiger partial charge in [0.15, 0.2) is 0 Å². The first-order valence-corrected chi connectivity index (χ1v) is 20.1. The van der Waals surface area contributed by atoms with Gasteiger partial charge in [0.1, 0.15) is 22.4 Å². The minimum absolute atomic E-state index is 0.0308. The smallest absolute Gasteiger partial charge is 0.137 e. The lowest BCUT2D eigenvalue weighted by Crippen LogP contribution is -2.75. The Balaban J connectivity index is 3.65. The summed E-state index contributed by atoms with van der Waals surface area (Å²) >= 11 is 2.05. The van der Waals surface area contributed by atoms with Crippen molar-refractivity contribution in [2.24, 2.45) is 0 Å². The van der Waals surface area contributed by atoms with Gasteiger partial charge in [-0.25, -0.2) is 0 Å². The van der Waals surface area contributed by atoms with E-state index in [0.717, 1.165) is 0 Å². The van der Waals surface area contributed by atoms with Crippen molar-refractivity contribution in [3.63, 3.8) is 0 Å². The van der Waals surface area contributed by atoms with Crippen molar-refractivity contribution in [3.05, 3.63) is 0 Å². The van der Waals surface area contributed by atoms with Gasteiger partial charge in [-0.15, -0.1) is 0 Å². The van der Waals surface area contributed by atoms with E-state index in [4.69, 9.17) is 4.74 Å². The van der Waals surface area contributed by atoms with E-state index in [1.165, 1.54) is 0 Å². The van der Waals surface area contributed by atoms with E-state index in [1.54, 1.807) is 0 Å². The molecule has 0 aromatic carbocycles. The monoisotopic (exact) mass is 490 g/mol.